The molecule has 0 aliphatic carbocycles. The largest absolute Gasteiger partial charge is 0.466 e. The van der Waals surface area contributed by atoms with Crippen LogP contribution >= 0.6 is 0 Å². The molecule has 0 amide bonds. The molecule has 120 valence electrons. The van der Waals surface area contributed by atoms with Crippen LogP contribution in [0.25, 0.3) is 0 Å². The van der Waals surface area contributed by atoms with Gasteiger partial charge in [0.15, 0.2) is 0 Å². The lowest BCUT2D eigenvalue weighted by molar-refractivity contribution is 0.0310. The van der Waals surface area contributed by atoms with Gasteiger partial charge in [0.25, 0.3) is 0 Å². The summed E-state index contributed by atoms with van der Waals surface area (Å²) in [6, 6.07) is 2.66. The van der Waals surface area contributed by atoms with E-state index in [-0.39, 0.29) is 6.10 Å². The molecule has 0 bridgehead atoms. The van der Waals surface area contributed by atoms with E-state index in [0.29, 0.717) is 19.2 Å². The number of β-amino-alcohol motifs (C(OH)–C–C–N with tert-alkyl or cyclic N) is 1. The summed E-state index contributed by atoms with van der Waals surface area (Å²) in [7, 11) is 1.62. The number of aryl methyl sites for hydroxylation is 2. The average molecular weight is 296 g/mol. The van der Waals surface area contributed by atoms with E-state index < -0.39 is 0 Å². The average Bonchev–Trinajstić information content (AvgIpc) is 2.76. The molecule has 1 aromatic heterocycles. The number of hydrogen-bond acceptors (Lipinski definition) is 5. The van der Waals surface area contributed by atoms with Crippen LogP contribution in [0, 0.1) is 13.8 Å². The first kappa shape index (κ1) is 16.5. The van der Waals surface area contributed by atoms with Crippen LogP contribution in [-0.4, -0.2) is 55.5 Å². The second kappa shape index (κ2) is 7.94. The van der Waals surface area contributed by atoms with E-state index in [1.165, 1.54) is 5.56 Å². The third-order valence-electron chi connectivity index (χ3n) is 4.14. The molecule has 1 aliphatic heterocycles. The minimum Gasteiger partial charge on any atom is -0.466 e. The first-order chi connectivity index (χ1) is 10.1. The van der Waals surface area contributed by atoms with Crippen LogP contribution in [0.2, 0.25) is 0 Å². The summed E-state index contributed by atoms with van der Waals surface area (Å²) < 4.78 is 10.5. The molecule has 5 heteroatoms. The maximum Gasteiger partial charge on any atom is 0.105 e. The molecule has 1 aliphatic rings. The smallest absolute Gasteiger partial charge is 0.105 e. The zero-order valence-electron chi connectivity index (χ0n) is 13.4. The van der Waals surface area contributed by atoms with Gasteiger partial charge in [-0.25, -0.2) is 0 Å². The Morgan fingerprint density at radius 1 is 1.43 bits per heavy atom. The SMILES string of the molecule is COCC(O)CN1CCC(NCc2cc(C)oc2C)CC1. The number of hydrogen-bond donors (Lipinski definition) is 2. The lowest BCUT2D eigenvalue weighted by Gasteiger charge is -2.33. The van der Waals surface area contributed by atoms with Gasteiger partial charge in [0.1, 0.15) is 11.5 Å². The predicted molar refractivity (Wildman–Crippen MR) is 82.4 cm³/mol. The number of methoxy groups -OCH3 is 1. The highest BCUT2D eigenvalue weighted by Gasteiger charge is 2.21. The fourth-order valence-corrected chi connectivity index (χ4v) is 2.98. The second-order valence-electron chi connectivity index (χ2n) is 6.00. The van der Waals surface area contributed by atoms with E-state index in [2.05, 4.69) is 16.3 Å². The van der Waals surface area contributed by atoms with E-state index in [1.54, 1.807) is 7.11 Å². The zero-order valence-corrected chi connectivity index (χ0v) is 13.4. The summed E-state index contributed by atoms with van der Waals surface area (Å²) in [6.07, 6.45) is 1.86. The zero-order chi connectivity index (χ0) is 15.2. The minimum absolute atomic E-state index is 0.379. The maximum atomic E-state index is 9.76. The van der Waals surface area contributed by atoms with Gasteiger partial charge in [0.2, 0.25) is 0 Å². The lowest BCUT2D eigenvalue weighted by atomic mass is 10.0. The normalized spacial score (nSPS) is 19.0. The highest BCUT2D eigenvalue weighted by Crippen LogP contribution is 2.15. The molecule has 2 rings (SSSR count). The van der Waals surface area contributed by atoms with E-state index in [1.807, 2.05) is 13.8 Å². The van der Waals surface area contributed by atoms with Gasteiger partial charge in [-0.1, -0.05) is 0 Å². The summed E-state index contributed by atoms with van der Waals surface area (Å²) in [4.78, 5) is 2.31. The molecular formula is C16H28N2O3. The van der Waals surface area contributed by atoms with Crippen LogP contribution in [0.1, 0.15) is 29.9 Å². The van der Waals surface area contributed by atoms with Crippen molar-refractivity contribution in [1.82, 2.24) is 10.2 Å². The standard InChI is InChI=1S/C16H28N2O3/c1-12-8-14(13(2)21-12)9-17-15-4-6-18(7-5-15)10-16(19)11-20-3/h8,15-17,19H,4-7,9-11H2,1-3H3. The van der Waals surface area contributed by atoms with Crippen molar-refractivity contribution in [3.8, 4) is 0 Å². The number of aliphatic hydroxyl groups is 1. The number of piperidine rings is 1. The maximum absolute atomic E-state index is 9.76. The van der Waals surface area contributed by atoms with Crippen molar-refractivity contribution >= 4 is 0 Å². The van der Waals surface area contributed by atoms with Gasteiger partial charge in [-0.2, -0.15) is 0 Å². The van der Waals surface area contributed by atoms with Gasteiger partial charge >= 0.3 is 0 Å². The van der Waals surface area contributed by atoms with Crippen LogP contribution < -0.4 is 5.32 Å². The topological polar surface area (TPSA) is 57.9 Å². The molecule has 1 unspecified atom stereocenters. The number of ether oxygens (including phenoxy) is 1. The molecule has 5 nitrogen and oxygen atoms in total. The summed E-state index contributed by atoms with van der Waals surface area (Å²) in [6.45, 7) is 8.06. The van der Waals surface area contributed by atoms with Crippen molar-refractivity contribution in [2.75, 3.05) is 33.4 Å². The van der Waals surface area contributed by atoms with Crippen LogP contribution in [-0.2, 0) is 11.3 Å². The first-order valence-corrected chi connectivity index (χ1v) is 7.77. The van der Waals surface area contributed by atoms with Crippen LogP contribution in [0.5, 0.6) is 0 Å². The predicted octanol–water partition coefficient (Wildman–Crippen LogP) is 1.46. The molecule has 0 aromatic carbocycles. The number of furan rings is 1. The quantitative estimate of drug-likeness (QED) is 0.798. The number of rotatable bonds is 7. The molecule has 1 fully saturated rings. The lowest BCUT2D eigenvalue weighted by Crippen LogP contribution is -2.45. The van der Waals surface area contributed by atoms with Gasteiger partial charge in [-0.05, 0) is 45.8 Å². The Bertz CT molecular complexity index is 425. The number of nitrogens with one attached hydrogen (secondary N) is 1. The first-order valence-electron chi connectivity index (χ1n) is 7.77. The highest BCUT2D eigenvalue weighted by atomic mass is 16.5. The van der Waals surface area contributed by atoms with Gasteiger partial charge in [-0.3, -0.25) is 0 Å². The van der Waals surface area contributed by atoms with Crippen LogP contribution in [0.4, 0.5) is 0 Å². The summed E-state index contributed by atoms with van der Waals surface area (Å²) in [5.74, 6) is 1.99. The van der Waals surface area contributed by atoms with Gasteiger partial charge in [-0.15, -0.1) is 0 Å². The van der Waals surface area contributed by atoms with Crippen molar-refractivity contribution in [2.45, 2.75) is 45.4 Å². The Kier molecular flexibility index (Phi) is 6.23. The second-order valence-corrected chi connectivity index (χ2v) is 6.00. The Morgan fingerprint density at radius 3 is 2.71 bits per heavy atom. The van der Waals surface area contributed by atoms with Crippen molar-refractivity contribution in [3.63, 3.8) is 0 Å². The van der Waals surface area contributed by atoms with E-state index in [9.17, 15) is 5.11 Å². The number of likely N-dealkylation sites (tertiary alicyclic amines) is 1. The molecule has 1 saturated heterocycles. The van der Waals surface area contributed by atoms with Crippen molar-refractivity contribution < 1.29 is 14.3 Å². The van der Waals surface area contributed by atoms with Crippen LogP contribution in [0.3, 0.4) is 0 Å². The van der Waals surface area contributed by atoms with Gasteiger partial charge in [0.05, 0.1) is 12.7 Å². The van der Waals surface area contributed by atoms with Gasteiger partial charge in [0, 0.05) is 31.8 Å². The van der Waals surface area contributed by atoms with Crippen molar-refractivity contribution in [2.24, 2.45) is 0 Å². The van der Waals surface area contributed by atoms with E-state index >= 15 is 0 Å². The summed E-state index contributed by atoms with van der Waals surface area (Å²) >= 11 is 0. The number of aliphatic hydroxyl groups excluding tert-OH is 1. The molecule has 0 radical (unpaired) electrons. The fraction of sp³-hybridized carbons (Fsp3) is 0.750. The Labute approximate surface area is 127 Å². The molecule has 0 spiro atoms. The molecule has 2 N–H and O–H groups in total. The molecular weight excluding hydrogens is 268 g/mol. The minimum atomic E-state index is -0.379. The third-order valence-corrected chi connectivity index (χ3v) is 4.14. The Hall–Kier alpha value is -0.880. The van der Waals surface area contributed by atoms with E-state index in [0.717, 1.165) is 44.0 Å². The van der Waals surface area contributed by atoms with Gasteiger partial charge < -0.3 is 24.5 Å². The molecule has 0 saturated carbocycles. The monoisotopic (exact) mass is 296 g/mol. The molecule has 21 heavy (non-hydrogen) atoms. The number of nitrogens with zero attached hydrogens (tertiary/aromatic N) is 1. The van der Waals surface area contributed by atoms with Crippen LogP contribution in [0.15, 0.2) is 10.5 Å². The Morgan fingerprint density at radius 2 is 2.14 bits per heavy atom. The summed E-state index contributed by atoms with van der Waals surface area (Å²) in [5.41, 5.74) is 1.26. The third kappa shape index (κ3) is 5.11. The van der Waals surface area contributed by atoms with Crippen molar-refractivity contribution in [1.29, 1.82) is 0 Å². The van der Waals surface area contributed by atoms with Crippen molar-refractivity contribution in [3.05, 3.63) is 23.2 Å². The highest BCUT2D eigenvalue weighted by molar-refractivity contribution is 5.19. The fourth-order valence-electron chi connectivity index (χ4n) is 2.98. The van der Waals surface area contributed by atoms with E-state index in [4.69, 9.17) is 9.15 Å². The summed E-state index contributed by atoms with van der Waals surface area (Å²) in [5, 5.41) is 13.4. The molecule has 2 heterocycles. The Balaban J connectivity index is 1.68. The molecule has 1 atom stereocenters. The molecule has 1 aromatic rings.